The first-order valence-corrected chi connectivity index (χ1v) is 9.24. The number of piperazine rings is 1. The molecule has 152 valence electrons. The third kappa shape index (κ3) is 6.47. The average Bonchev–Trinajstić information content (AvgIpc) is 2.69. The molecule has 1 saturated heterocycles. The van der Waals surface area contributed by atoms with E-state index in [1.54, 1.807) is 24.3 Å². The van der Waals surface area contributed by atoms with Crippen molar-refractivity contribution in [2.24, 2.45) is 0 Å². The van der Waals surface area contributed by atoms with Crippen LogP contribution in [0.1, 0.15) is 15.9 Å². The van der Waals surface area contributed by atoms with Gasteiger partial charge in [-0.05, 0) is 24.6 Å². The Bertz CT molecular complexity index is 727. The number of nitrogens with zero attached hydrogens (tertiary/aromatic N) is 2. The first kappa shape index (κ1) is 21.6. The van der Waals surface area contributed by atoms with Gasteiger partial charge in [-0.15, -0.1) is 6.58 Å². The van der Waals surface area contributed by atoms with Crippen LogP contribution >= 0.6 is 0 Å². The van der Waals surface area contributed by atoms with Crippen molar-refractivity contribution in [3.63, 3.8) is 0 Å². The number of amides is 2. The normalized spacial score (nSPS) is 14.9. The summed E-state index contributed by atoms with van der Waals surface area (Å²) in [7, 11) is 1.32. The van der Waals surface area contributed by atoms with Gasteiger partial charge in [-0.3, -0.25) is 19.4 Å². The highest BCUT2D eigenvalue weighted by molar-refractivity contribution is 5.96. The molecule has 1 heterocycles. The van der Waals surface area contributed by atoms with E-state index in [0.29, 0.717) is 37.4 Å². The monoisotopic (exact) mass is 388 g/mol. The van der Waals surface area contributed by atoms with E-state index in [-0.39, 0.29) is 18.4 Å². The Balaban J connectivity index is 1.81. The van der Waals surface area contributed by atoms with Gasteiger partial charge < -0.3 is 15.4 Å². The fraction of sp³-hybridized carbons (Fsp3) is 0.450. The highest BCUT2D eigenvalue weighted by atomic mass is 16.5. The molecule has 1 aromatic carbocycles. The van der Waals surface area contributed by atoms with Crippen molar-refractivity contribution in [2.75, 3.05) is 58.2 Å². The number of benzene rings is 1. The SMILES string of the molecule is C=CCNC(=O)CN1CCN(CC(=O)Nc2cc(C(=O)OC)ccc2C)CC1. The van der Waals surface area contributed by atoms with Crippen LogP contribution in [0.2, 0.25) is 0 Å². The molecule has 28 heavy (non-hydrogen) atoms. The van der Waals surface area contributed by atoms with Gasteiger partial charge in [0.1, 0.15) is 0 Å². The average molecular weight is 388 g/mol. The van der Waals surface area contributed by atoms with E-state index in [4.69, 9.17) is 4.74 Å². The second kappa shape index (κ2) is 10.6. The molecule has 0 bridgehead atoms. The van der Waals surface area contributed by atoms with Gasteiger partial charge in [0.05, 0.1) is 25.8 Å². The van der Waals surface area contributed by atoms with Crippen molar-refractivity contribution >= 4 is 23.5 Å². The van der Waals surface area contributed by atoms with E-state index < -0.39 is 5.97 Å². The zero-order valence-corrected chi connectivity index (χ0v) is 16.5. The van der Waals surface area contributed by atoms with Crippen molar-refractivity contribution in [3.05, 3.63) is 42.0 Å². The lowest BCUT2D eigenvalue weighted by atomic mass is 10.1. The Hall–Kier alpha value is -2.71. The summed E-state index contributed by atoms with van der Waals surface area (Å²) in [5, 5.41) is 5.63. The minimum absolute atomic E-state index is 0.0212. The number of aryl methyl sites for hydroxylation is 1. The van der Waals surface area contributed by atoms with E-state index in [0.717, 1.165) is 18.7 Å². The van der Waals surface area contributed by atoms with Crippen LogP contribution in [0.3, 0.4) is 0 Å². The van der Waals surface area contributed by atoms with Gasteiger partial charge in [0.15, 0.2) is 0 Å². The van der Waals surface area contributed by atoms with Crippen LogP contribution in [0.5, 0.6) is 0 Å². The molecule has 0 aliphatic carbocycles. The van der Waals surface area contributed by atoms with Gasteiger partial charge in [-0.2, -0.15) is 0 Å². The molecule has 1 aliphatic heterocycles. The Morgan fingerprint density at radius 2 is 1.71 bits per heavy atom. The van der Waals surface area contributed by atoms with Crippen molar-refractivity contribution in [2.45, 2.75) is 6.92 Å². The second-order valence-corrected chi connectivity index (χ2v) is 6.71. The largest absolute Gasteiger partial charge is 0.465 e. The van der Waals surface area contributed by atoms with E-state index in [9.17, 15) is 14.4 Å². The molecular weight excluding hydrogens is 360 g/mol. The molecule has 8 nitrogen and oxygen atoms in total. The maximum atomic E-state index is 12.4. The molecule has 0 saturated carbocycles. The Morgan fingerprint density at radius 3 is 2.29 bits per heavy atom. The molecule has 8 heteroatoms. The summed E-state index contributed by atoms with van der Waals surface area (Å²) < 4.78 is 4.72. The fourth-order valence-corrected chi connectivity index (χ4v) is 2.94. The van der Waals surface area contributed by atoms with Crippen LogP contribution in [0, 0.1) is 6.92 Å². The predicted octanol–water partition coefficient (Wildman–Crippen LogP) is 0.640. The van der Waals surface area contributed by atoms with Gasteiger partial charge in [0, 0.05) is 38.4 Å². The molecule has 1 aromatic rings. The Morgan fingerprint density at radius 1 is 1.11 bits per heavy atom. The van der Waals surface area contributed by atoms with E-state index in [2.05, 4.69) is 22.1 Å². The molecule has 0 spiro atoms. The van der Waals surface area contributed by atoms with Gasteiger partial charge in [-0.1, -0.05) is 12.1 Å². The number of anilines is 1. The third-order valence-electron chi connectivity index (χ3n) is 4.58. The maximum Gasteiger partial charge on any atom is 0.337 e. The molecule has 0 atom stereocenters. The molecule has 0 unspecified atom stereocenters. The van der Waals surface area contributed by atoms with Crippen LogP contribution in [-0.2, 0) is 14.3 Å². The van der Waals surface area contributed by atoms with E-state index in [1.807, 2.05) is 11.8 Å². The lowest BCUT2D eigenvalue weighted by Crippen LogP contribution is -2.51. The first-order valence-electron chi connectivity index (χ1n) is 9.24. The van der Waals surface area contributed by atoms with Crippen molar-refractivity contribution in [1.29, 1.82) is 0 Å². The smallest absolute Gasteiger partial charge is 0.337 e. The lowest BCUT2D eigenvalue weighted by molar-refractivity contribution is -0.123. The number of hydrogen-bond donors (Lipinski definition) is 2. The van der Waals surface area contributed by atoms with Crippen LogP contribution in [-0.4, -0.2) is 80.5 Å². The highest BCUT2D eigenvalue weighted by Crippen LogP contribution is 2.17. The number of hydrogen-bond acceptors (Lipinski definition) is 6. The second-order valence-electron chi connectivity index (χ2n) is 6.71. The number of nitrogens with one attached hydrogen (secondary N) is 2. The zero-order chi connectivity index (χ0) is 20.5. The molecular formula is C20H28N4O4. The van der Waals surface area contributed by atoms with Crippen molar-refractivity contribution in [3.8, 4) is 0 Å². The molecule has 2 N–H and O–H groups in total. The number of methoxy groups -OCH3 is 1. The number of esters is 1. The lowest BCUT2D eigenvalue weighted by Gasteiger charge is -2.33. The Kier molecular flexibility index (Phi) is 8.16. The summed E-state index contributed by atoms with van der Waals surface area (Å²) in [5.74, 6) is -0.599. The van der Waals surface area contributed by atoms with Gasteiger partial charge >= 0.3 is 5.97 Å². The van der Waals surface area contributed by atoms with Crippen LogP contribution < -0.4 is 10.6 Å². The highest BCUT2D eigenvalue weighted by Gasteiger charge is 2.21. The van der Waals surface area contributed by atoms with Crippen LogP contribution in [0.25, 0.3) is 0 Å². The summed E-state index contributed by atoms with van der Waals surface area (Å²) in [6.07, 6.45) is 1.65. The molecule has 1 fully saturated rings. The fourth-order valence-electron chi connectivity index (χ4n) is 2.94. The summed E-state index contributed by atoms with van der Waals surface area (Å²) in [5.41, 5.74) is 1.87. The summed E-state index contributed by atoms with van der Waals surface area (Å²) in [6, 6.07) is 5.07. The molecule has 0 radical (unpaired) electrons. The third-order valence-corrected chi connectivity index (χ3v) is 4.58. The number of carbonyl (C=O) groups is 3. The topological polar surface area (TPSA) is 91.0 Å². The maximum absolute atomic E-state index is 12.4. The summed E-state index contributed by atoms with van der Waals surface area (Å²) in [6.45, 7) is 9.41. The van der Waals surface area contributed by atoms with Crippen molar-refractivity contribution in [1.82, 2.24) is 15.1 Å². The van der Waals surface area contributed by atoms with Gasteiger partial charge in [0.2, 0.25) is 11.8 Å². The number of carbonyl (C=O) groups excluding carboxylic acids is 3. The minimum Gasteiger partial charge on any atom is -0.465 e. The zero-order valence-electron chi connectivity index (χ0n) is 16.5. The first-order chi connectivity index (χ1) is 13.4. The van der Waals surface area contributed by atoms with Gasteiger partial charge in [-0.25, -0.2) is 4.79 Å². The van der Waals surface area contributed by atoms with E-state index >= 15 is 0 Å². The quantitative estimate of drug-likeness (QED) is 0.502. The minimum atomic E-state index is -0.441. The molecule has 1 aliphatic rings. The van der Waals surface area contributed by atoms with Gasteiger partial charge in [0.25, 0.3) is 0 Å². The van der Waals surface area contributed by atoms with Crippen LogP contribution in [0.15, 0.2) is 30.9 Å². The summed E-state index contributed by atoms with van der Waals surface area (Å²) >= 11 is 0. The van der Waals surface area contributed by atoms with E-state index in [1.165, 1.54) is 7.11 Å². The number of rotatable bonds is 8. The Labute approximate surface area is 165 Å². The molecule has 2 rings (SSSR count). The standard InChI is InChI=1S/C20H28N4O4/c1-4-7-21-18(25)13-23-8-10-24(11-9-23)14-19(26)22-17-12-16(20(27)28-3)6-5-15(17)2/h4-6,12H,1,7-11,13-14H2,2-3H3,(H,21,25)(H,22,26). The van der Waals surface area contributed by atoms with Crippen LogP contribution in [0.4, 0.5) is 5.69 Å². The molecule has 0 aromatic heterocycles. The number of ether oxygens (including phenoxy) is 1. The molecule has 2 amide bonds. The van der Waals surface area contributed by atoms with Crippen molar-refractivity contribution < 1.29 is 19.1 Å². The summed E-state index contributed by atoms with van der Waals surface area (Å²) in [4.78, 5) is 39.9. The predicted molar refractivity (Wildman–Crippen MR) is 107 cm³/mol.